The number of nitrogens with zero attached hydrogens (tertiary/aromatic N) is 2. The predicted molar refractivity (Wildman–Crippen MR) is 89.3 cm³/mol. The standard InChI is InChI=1S/C13H20F2N4O.HI/c1-9(2)6-18-13(16)19-7-10-4-3-5-17-12(10)20-8-11(14)15;/h3-5,9,11H,6-8H2,1-2H3,(H3,16,18,19);1H. The first-order valence-corrected chi connectivity index (χ1v) is 6.37. The highest BCUT2D eigenvalue weighted by molar-refractivity contribution is 14.0. The molecule has 5 nitrogen and oxygen atoms in total. The smallest absolute Gasteiger partial charge is 0.272 e. The van der Waals surface area contributed by atoms with Crippen molar-refractivity contribution in [2.75, 3.05) is 13.2 Å². The van der Waals surface area contributed by atoms with Gasteiger partial charge < -0.3 is 15.8 Å². The third-order valence-corrected chi connectivity index (χ3v) is 2.31. The van der Waals surface area contributed by atoms with E-state index in [2.05, 4.69) is 29.1 Å². The fourth-order valence-electron chi connectivity index (χ4n) is 1.35. The lowest BCUT2D eigenvalue weighted by molar-refractivity contribution is 0.0791. The summed E-state index contributed by atoms with van der Waals surface area (Å²) < 4.78 is 29.2. The Morgan fingerprint density at radius 2 is 2.19 bits per heavy atom. The number of aliphatic imine (C=N–C) groups is 1. The number of halogens is 3. The van der Waals surface area contributed by atoms with Crippen molar-refractivity contribution >= 4 is 29.9 Å². The molecular weight excluding hydrogens is 393 g/mol. The van der Waals surface area contributed by atoms with E-state index in [0.29, 0.717) is 17.4 Å². The van der Waals surface area contributed by atoms with Crippen LogP contribution < -0.4 is 15.8 Å². The minimum atomic E-state index is -2.54. The van der Waals surface area contributed by atoms with Gasteiger partial charge in [0.1, 0.15) is 0 Å². The molecule has 0 aliphatic heterocycles. The van der Waals surface area contributed by atoms with Crippen LogP contribution in [0.5, 0.6) is 5.88 Å². The van der Waals surface area contributed by atoms with Gasteiger partial charge in [0, 0.05) is 18.3 Å². The molecule has 0 radical (unpaired) electrons. The lowest BCUT2D eigenvalue weighted by atomic mass is 10.2. The number of pyridine rings is 1. The van der Waals surface area contributed by atoms with Crippen LogP contribution in [0.3, 0.4) is 0 Å². The van der Waals surface area contributed by atoms with E-state index in [-0.39, 0.29) is 36.4 Å². The summed E-state index contributed by atoms with van der Waals surface area (Å²) in [5, 5.41) is 2.97. The Morgan fingerprint density at radius 3 is 2.81 bits per heavy atom. The van der Waals surface area contributed by atoms with Gasteiger partial charge in [-0.05, 0) is 12.0 Å². The molecule has 0 aliphatic carbocycles. The molecule has 0 aliphatic rings. The van der Waals surface area contributed by atoms with Crippen LogP contribution in [0, 0.1) is 5.92 Å². The van der Waals surface area contributed by atoms with Gasteiger partial charge in [-0.1, -0.05) is 19.9 Å². The molecule has 120 valence electrons. The molecular formula is C13H21F2IN4O. The Labute approximate surface area is 140 Å². The number of alkyl halides is 2. The van der Waals surface area contributed by atoms with Crippen LogP contribution in [0.25, 0.3) is 0 Å². The van der Waals surface area contributed by atoms with E-state index in [1.165, 1.54) is 6.20 Å². The van der Waals surface area contributed by atoms with E-state index in [1.807, 2.05) is 0 Å². The van der Waals surface area contributed by atoms with E-state index in [0.717, 1.165) is 6.54 Å². The summed E-state index contributed by atoms with van der Waals surface area (Å²) in [5.41, 5.74) is 6.31. The van der Waals surface area contributed by atoms with Crippen molar-refractivity contribution in [3.63, 3.8) is 0 Å². The summed E-state index contributed by atoms with van der Waals surface area (Å²) in [4.78, 5) is 8.05. The third kappa shape index (κ3) is 8.64. The van der Waals surface area contributed by atoms with E-state index in [1.54, 1.807) is 12.1 Å². The number of rotatable bonds is 7. The zero-order chi connectivity index (χ0) is 15.0. The molecule has 1 aromatic heterocycles. The number of aromatic nitrogens is 1. The van der Waals surface area contributed by atoms with Gasteiger partial charge >= 0.3 is 0 Å². The van der Waals surface area contributed by atoms with Gasteiger partial charge in [0.15, 0.2) is 12.6 Å². The summed E-state index contributed by atoms with van der Waals surface area (Å²) in [5.74, 6) is 0.919. The summed E-state index contributed by atoms with van der Waals surface area (Å²) in [6.45, 7) is 4.37. The Balaban J connectivity index is 0.00000400. The molecule has 0 atom stereocenters. The van der Waals surface area contributed by atoms with Crippen molar-refractivity contribution in [2.24, 2.45) is 16.6 Å². The first kappa shape index (κ1) is 19.8. The van der Waals surface area contributed by atoms with Crippen LogP contribution in [0.15, 0.2) is 23.3 Å². The number of ether oxygens (including phenoxy) is 1. The third-order valence-electron chi connectivity index (χ3n) is 2.31. The molecule has 1 heterocycles. The van der Waals surface area contributed by atoms with Crippen molar-refractivity contribution in [2.45, 2.75) is 26.8 Å². The minimum Gasteiger partial charge on any atom is -0.471 e. The summed E-state index contributed by atoms with van der Waals surface area (Å²) >= 11 is 0. The van der Waals surface area contributed by atoms with Gasteiger partial charge in [-0.25, -0.2) is 18.8 Å². The van der Waals surface area contributed by atoms with E-state index < -0.39 is 13.0 Å². The van der Waals surface area contributed by atoms with Crippen molar-refractivity contribution < 1.29 is 13.5 Å². The molecule has 0 saturated carbocycles. The second-order valence-corrected chi connectivity index (χ2v) is 4.65. The molecule has 1 aromatic rings. The van der Waals surface area contributed by atoms with Crippen LogP contribution in [0.1, 0.15) is 19.4 Å². The Hall–Kier alpha value is -1.19. The maximum Gasteiger partial charge on any atom is 0.272 e. The lowest BCUT2D eigenvalue weighted by Crippen LogP contribution is -2.34. The average molecular weight is 414 g/mol. The molecule has 1 rings (SSSR count). The SMILES string of the molecule is CC(C)CNC(N)=NCc1cccnc1OCC(F)F.I. The number of nitrogens with one attached hydrogen (secondary N) is 1. The molecule has 0 spiro atoms. The predicted octanol–water partition coefficient (Wildman–Crippen LogP) is 2.40. The van der Waals surface area contributed by atoms with Crippen LogP contribution in [0.2, 0.25) is 0 Å². The zero-order valence-electron chi connectivity index (χ0n) is 12.1. The highest BCUT2D eigenvalue weighted by atomic mass is 127. The number of nitrogens with two attached hydrogens (primary N) is 1. The van der Waals surface area contributed by atoms with Crippen molar-refractivity contribution in [1.82, 2.24) is 10.3 Å². The van der Waals surface area contributed by atoms with Gasteiger partial charge in [-0.2, -0.15) is 0 Å². The quantitative estimate of drug-likeness (QED) is 0.409. The number of hydrogen-bond acceptors (Lipinski definition) is 3. The topological polar surface area (TPSA) is 72.5 Å². The Bertz CT molecular complexity index is 444. The van der Waals surface area contributed by atoms with Gasteiger partial charge in [-0.3, -0.25) is 0 Å². The van der Waals surface area contributed by atoms with Crippen LogP contribution >= 0.6 is 24.0 Å². The van der Waals surface area contributed by atoms with Gasteiger partial charge in [-0.15, -0.1) is 24.0 Å². The summed E-state index contributed by atoms with van der Waals surface area (Å²) in [7, 11) is 0. The molecule has 0 saturated heterocycles. The van der Waals surface area contributed by atoms with Crippen LogP contribution in [0.4, 0.5) is 8.78 Å². The van der Waals surface area contributed by atoms with E-state index >= 15 is 0 Å². The van der Waals surface area contributed by atoms with Crippen molar-refractivity contribution in [1.29, 1.82) is 0 Å². The van der Waals surface area contributed by atoms with E-state index in [4.69, 9.17) is 10.5 Å². The fraction of sp³-hybridized carbons (Fsp3) is 0.538. The molecule has 0 unspecified atom stereocenters. The minimum absolute atomic E-state index is 0. The Morgan fingerprint density at radius 1 is 1.48 bits per heavy atom. The molecule has 0 bridgehead atoms. The number of hydrogen-bond donors (Lipinski definition) is 2. The van der Waals surface area contributed by atoms with Crippen molar-refractivity contribution in [3.8, 4) is 5.88 Å². The van der Waals surface area contributed by atoms with Gasteiger partial charge in [0.2, 0.25) is 5.88 Å². The molecule has 3 N–H and O–H groups in total. The summed E-state index contributed by atoms with van der Waals surface area (Å²) in [6.07, 6.45) is -1.06. The molecule has 0 aromatic carbocycles. The molecule has 0 amide bonds. The highest BCUT2D eigenvalue weighted by Crippen LogP contribution is 2.16. The molecule has 8 heteroatoms. The second kappa shape index (κ2) is 10.5. The monoisotopic (exact) mass is 414 g/mol. The largest absolute Gasteiger partial charge is 0.471 e. The van der Waals surface area contributed by atoms with Crippen LogP contribution in [-0.2, 0) is 6.54 Å². The normalized spacial score (nSPS) is 11.4. The first-order chi connectivity index (χ1) is 9.49. The molecule has 0 fully saturated rings. The van der Waals surface area contributed by atoms with Gasteiger partial charge in [0.25, 0.3) is 6.43 Å². The lowest BCUT2D eigenvalue weighted by Gasteiger charge is -2.10. The first-order valence-electron chi connectivity index (χ1n) is 6.37. The zero-order valence-corrected chi connectivity index (χ0v) is 14.4. The van der Waals surface area contributed by atoms with Gasteiger partial charge in [0.05, 0.1) is 6.54 Å². The molecule has 21 heavy (non-hydrogen) atoms. The Kier molecular flexibility index (Phi) is 9.93. The average Bonchev–Trinajstić information content (AvgIpc) is 2.41. The number of guanidine groups is 1. The maximum atomic E-state index is 12.1. The van der Waals surface area contributed by atoms with E-state index in [9.17, 15) is 8.78 Å². The van der Waals surface area contributed by atoms with Crippen LogP contribution in [-0.4, -0.2) is 30.5 Å². The second-order valence-electron chi connectivity index (χ2n) is 4.65. The van der Waals surface area contributed by atoms with Crippen molar-refractivity contribution in [3.05, 3.63) is 23.9 Å². The fourth-order valence-corrected chi connectivity index (χ4v) is 1.35. The highest BCUT2D eigenvalue weighted by Gasteiger charge is 2.08. The maximum absolute atomic E-state index is 12.1. The summed E-state index contributed by atoms with van der Waals surface area (Å²) in [6, 6.07) is 3.41.